The molecule has 0 bridgehead atoms. The van der Waals surface area contributed by atoms with E-state index in [2.05, 4.69) is 15.3 Å². The summed E-state index contributed by atoms with van der Waals surface area (Å²) in [5.74, 6) is 0.933. The van der Waals surface area contributed by atoms with E-state index in [9.17, 15) is 10.2 Å². The van der Waals surface area contributed by atoms with Crippen LogP contribution in [0.4, 0.5) is 5.82 Å². The number of hydrogen-bond acceptors (Lipinski definition) is 7. The number of hydrogen-bond donors (Lipinski definition) is 3. The standard InChI is InChI=1S/C20H24ClN3O4/c1-27-17-6-11-4-13(21)2-3-15(11)20(17)24-18-8-19(23-10-22-18)28-14-5-12(9-25)16(26)7-14/h2-4,8,10,12,14,16-17,20,25-26H,5-7,9H2,1H3,(H,22,23,24)/t12-,14+,16-,17+,20+/m0/s1. The molecule has 0 aliphatic heterocycles. The largest absolute Gasteiger partial charge is 0.474 e. The molecule has 2 aromatic rings. The summed E-state index contributed by atoms with van der Waals surface area (Å²) < 4.78 is 11.6. The minimum absolute atomic E-state index is 0.0249. The summed E-state index contributed by atoms with van der Waals surface area (Å²) in [6.45, 7) is -0.0406. The average molecular weight is 406 g/mol. The molecule has 1 aromatic heterocycles. The van der Waals surface area contributed by atoms with Gasteiger partial charge in [-0.1, -0.05) is 17.7 Å². The zero-order valence-corrected chi connectivity index (χ0v) is 16.3. The molecule has 7 nitrogen and oxygen atoms in total. The van der Waals surface area contributed by atoms with Crippen molar-refractivity contribution in [3.63, 3.8) is 0 Å². The lowest BCUT2D eigenvalue weighted by Crippen LogP contribution is -2.24. The maximum atomic E-state index is 9.94. The number of aromatic nitrogens is 2. The number of rotatable bonds is 6. The molecule has 1 fully saturated rings. The highest BCUT2D eigenvalue weighted by molar-refractivity contribution is 6.30. The third-order valence-electron chi connectivity index (χ3n) is 5.62. The SMILES string of the molecule is CO[C@@H]1Cc2cc(Cl)ccc2[C@H]1Nc1cc(O[C@@H]2C[C@@H](CO)[C@@H](O)C2)ncn1. The quantitative estimate of drug-likeness (QED) is 0.678. The van der Waals surface area contributed by atoms with Gasteiger partial charge < -0.3 is 25.0 Å². The van der Waals surface area contributed by atoms with E-state index in [4.69, 9.17) is 21.1 Å². The molecule has 150 valence electrons. The van der Waals surface area contributed by atoms with Crippen molar-refractivity contribution in [2.24, 2.45) is 5.92 Å². The lowest BCUT2D eigenvalue weighted by atomic mass is 10.1. The van der Waals surface area contributed by atoms with Crippen LogP contribution in [0.3, 0.4) is 0 Å². The van der Waals surface area contributed by atoms with E-state index in [0.717, 1.165) is 17.5 Å². The van der Waals surface area contributed by atoms with E-state index in [1.807, 2.05) is 18.2 Å². The van der Waals surface area contributed by atoms with Crippen molar-refractivity contribution in [2.75, 3.05) is 19.0 Å². The summed E-state index contributed by atoms with van der Waals surface area (Å²) in [5, 5.41) is 23.4. The van der Waals surface area contributed by atoms with Crippen molar-refractivity contribution in [1.29, 1.82) is 0 Å². The Balaban J connectivity index is 1.48. The van der Waals surface area contributed by atoms with Gasteiger partial charge in [-0.3, -0.25) is 0 Å². The molecule has 4 rings (SSSR count). The molecular weight excluding hydrogens is 382 g/mol. The van der Waals surface area contributed by atoms with Crippen molar-refractivity contribution in [3.05, 3.63) is 46.7 Å². The zero-order chi connectivity index (χ0) is 19.7. The van der Waals surface area contributed by atoms with Gasteiger partial charge in [0.2, 0.25) is 5.88 Å². The molecule has 0 amide bonds. The Morgan fingerprint density at radius 1 is 1.25 bits per heavy atom. The van der Waals surface area contributed by atoms with E-state index in [1.165, 1.54) is 6.33 Å². The molecule has 2 aliphatic carbocycles. The van der Waals surface area contributed by atoms with E-state index in [0.29, 0.717) is 29.6 Å². The number of nitrogens with zero attached hydrogens (tertiary/aromatic N) is 2. The fourth-order valence-electron chi connectivity index (χ4n) is 4.14. The fraction of sp³-hybridized carbons (Fsp3) is 0.500. The van der Waals surface area contributed by atoms with Gasteiger partial charge >= 0.3 is 0 Å². The Hall–Kier alpha value is -1.93. The first-order chi connectivity index (χ1) is 13.6. The van der Waals surface area contributed by atoms with Crippen LogP contribution in [0.2, 0.25) is 5.02 Å². The lowest BCUT2D eigenvalue weighted by Gasteiger charge is -2.21. The molecule has 2 aliphatic rings. The summed E-state index contributed by atoms with van der Waals surface area (Å²) in [6.07, 6.45) is 2.58. The van der Waals surface area contributed by atoms with Gasteiger partial charge in [-0.15, -0.1) is 0 Å². The number of benzene rings is 1. The van der Waals surface area contributed by atoms with E-state index >= 15 is 0 Å². The highest BCUT2D eigenvalue weighted by Crippen LogP contribution is 2.37. The van der Waals surface area contributed by atoms with Gasteiger partial charge in [0.05, 0.1) is 18.2 Å². The molecule has 5 atom stereocenters. The minimum Gasteiger partial charge on any atom is -0.474 e. The molecular formula is C20H24ClN3O4. The molecule has 0 saturated heterocycles. The average Bonchev–Trinajstić information content (AvgIpc) is 3.21. The molecule has 1 saturated carbocycles. The summed E-state index contributed by atoms with van der Waals surface area (Å²) in [6, 6.07) is 7.57. The second kappa shape index (κ2) is 8.21. The molecule has 0 spiro atoms. The van der Waals surface area contributed by atoms with Gasteiger partial charge in [-0.25, -0.2) is 9.97 Å². The third kappa shape index (κ3) is 3.93. The van der Waals surface area contributed by atoms with Gasteiger partial charge in [0.25, 0.3) is 0 Å². The van der Waals surface area contributed by atoms with Crippen molar-refractivity contribution < 1.29 is 19.7 Å². The smallest absolute Gasteiger partial charge is 0.218 e. The van der Waals surface area contributed by atoms with Crippen molar-refractivity contribution in [2.45, 2.75) is 43.6 Å². The lowest BCUT2D eigenvalue weighted by molar-refractivity contribution is 0.0896. The highest BCUT2D eigenvalue weighted by atomic mass is 35.5. The number of ether oxygens (including phenoxy) is 2. The van der Waals surface area contributed by atoms with E-state index < -0.39 is 6.10 Å². The molecule has 8 heteroatoms. The monoisotopic (exact) mass is 405 g/mol. The van der Waals surface area contributed by atoms with Crippen LogP contribution in [0, 0.1) is 5.92 Å². The first kappa shape index (κ1) is 19.4. The number of methoxy groups -OCH3 is 1. The zero-order valence-electron chi connectivity index (χ0n) is 15.6. The topological polar surface area (TPSA) is 96.7 Å². The van der Waals surface area contributed by atoms with Crippen LogP contribution >= 0.6 is 11.6 Å². The number of aliphatic hydroxyl groups excluding tert-OH is 2. The molecule has 1 aromatic carbocycles. The maximum Gasteiger partial charge on any atom is 0.218 e. The predicted molar refractivity (Wildman–Crippen MR) is 105 cm³/mol. The van der Waals surface area contributed by atoms with E-state index in [-0.39, 0.29) is 30.8 Å². The highest BCUT2D eigenvalue weighted by Gasteiger charge is 2.35. The first-order valence-electron chi connectivity index (χ1n) is 9.42. The summed E-state index contributed by atoms with van der Waals surface area (Å²) >= 11 is 6.12. The number of anilines is 1. The Kier molecular flexibility index (Phi) is 5.68. The van der Waals surface area contributed by atoms with Crippen molar-refractivity contribution in [1.82, 2.24) is 9.97 Å². The van der Waals surface area contributed by atoms with Gasteiger partial charge in [-0.2, -0.15) is 0 Å². The third-order valence-corrected chi connectivity index (χ3v) is 5.85. The minimum atomic E-state index is -0.543. The Morgan fingerprint density at radius 3 is 2.86 bits per heavy atom. The van der Waals surface area contributed by atoms with Crippen LogP contribution in [-0.4, -0.2) is 52.2 Å². The predicted octanol–water partition coefficient (Wildman–Crippen LogP) is 2.36. The van der Waals surface area contributed by atoms with Crippen molar-refractivity contribution >= 4 is 17.4 Å². The molecule has 0 unspecified atom stereocenters. The summed E-state index contributed by atoms with van der Waals surface area (Å²) in [7, 11) is 1.70. The van der Waals surface area contributed by atoms with Crippen LogP contribution in [0.5, 0.6) is 5.88 Å². The van der Waals surface area contributed by atoms with Crippen molar-refractivity contribution in [3.8, 4) is 5.88 Å². The summed E-state index contributed by atoms with van der Waals surface area (Å²) in [5.41, 5.74) is 2.31. The number of aliphatic hydroxyl groups is 2. The number of fused-ring (bicyclic) bond motifs is 1. The van der Waals surface area contributed by atoms with Gasteiger partial charge in [-0.05, 0) is 29.7 Å². The fourth-order valence-corrected chi connectivity index (χ4v) is 4.33. The van der Waals surface area contributed by atoms with Crippen LogP contribution in [0.1, 0.15) is 30.0 Å². The first-order valence-corrected chi connectivity index (χ1v) is 9.80. The van der Waals surface area contributed by atoms with Gasteiger partial charge in [0.1, 0.15) is 18.2 Å². The molecule has 28 heavy (non-hydrogen) atoms. The van der Waals surface area contributed by atoms with Crippen LogP contribution in [0.15, 0.2) is 30.6 Å². The number of nitrogens with one attached hydrogen (secondary N) is 1. The molecule has 1 heterocycles. The second-order valence-electron chi connectivity index (χ2n) is 7.41. The van der Waals surface area contributed by atoms with Crippen LogP contribution < -0.4 is 10.1 Å². The normalized spacial score (nSPS) is 28.9. The number of halogens is 1. The Labute approximate surface area is 168 Å². The van der Waals surface area contributed by atoms with Gasteiger partial charge in [0, 0.05) is 43.6 Å². The Bertz CT molecular complexity index is 837. The van der Waals surface area contributed by atoms with Crippen LogP contribution in [0.25, 0.3) is 0 Å². The second-order valence-corrected chi connectivity index (χ2v) is 7.84. The van der Waals surface area contributed by atoms with E-state index in [1.54, 1.807) is 13.2 Å². The molecule has 0 radical (unpaired) electrons. The molecule has 3 N–H and O–H groups in total. The van der Waals surface area contributed by atoms with Gasteiger partial charge in [0.15, 0.2) is 0 Å². The van der Waals surface area contributed by atoms with Crippen LogP contribution in [-0.2, 0) is 11.2 Å². The Morgan fingerprint density at radius 2 is 2.11 bits per heavy atom. The summed E-state index contributed by atoms with van der Waals surface area (Å²) in [4.78, 5) is 8.49. The maximum absolute atomic E-state index is 9.94.